The van der Waals surface area contributed by atoms with Gasteiger partial charge in [-0.2, -0.15) is 0 Å². The molecular formula is C11H13N3O2. The molecule has 84 valence electrons. The summed E-state index contributed by atoms with van der Waals surface area (Å²) in [5, 5.41) is 6.83. The van der Waals surface area contributed by atoms with Crippen molar-refractivity contribution in [1.29, 1.82) is 0 Å². The third-order valence-corrected chi connectivity index (χ3v) is 2.09. The quantitative estimate of drug-likeness (QED) is 0.822. The zero-order valence-electron chi connectivity index (χ0n) is 9.01. The van der Waals surface area contributed by atoms with Crippen molar-refractivity contribution in [1.82, 2.24) is 15.5 Å². The van der Waals surface area contributed by atoms with Crippen LogP contribution in [0.15, 0.2) is 35.0 Å². The summed E-state index contributed by atoms with van der Waals surface area (Å²) in [5.74, 6) is 1.43. The minimum absolute atomic E-state index is 0.624. The number of ether oxygens (including phenoxy) is 1. The van der Waals surface area contributed by atoms with E-state index in [1.54, 1.807) is 13.3 Å². The molecule has 0 aromatic carbocycles. The Balaban J connectivity index is 1.85. The molecule has 0 fully saturated rings. The second-order valence-electron chi connectivity index (χ2n) is 3.25. The van der Waals surface area contributed by atoms with E-state index in [1.807, 2.05) is 24.3 Å². The Labute approximate surface area is 93.4 Å². The normalized spacial score (nSPS) is 10.3. The standard InChI is InChI=1S/C11H13N3O2/c1-15-11-4-2-3-9(14-11)7-12-8-10-5-6-13-16-10/h2-6,12H,7-8H2,1H3. The summed E-state index contributed by atoms with van der Waals surface area (Å²) in [7, 11) is 1.61. The van der Waals surface area contributed by atoms with Crippen LogP contribution in [-0.4, -0.2) is 17.3 Å². The van der Waals surface area contributed by atoms with Gasteiger partial charge in [0.25, 0.3) is 0 Å². The first-order chi connectivity index (χ1) is 7.88. The number of hydrogen-bond donors (Lipinski definition) is 1. The van der Waals surface area contributed by atoms with Crippen LogP contribution >= 0.6 is 0 Å². The Kier molecular flexibility index (Phi) is 3.50. The fraction of sp³-hybridized carbons (Fsp3) is 0.273. The molecule has 2 aromatic heterocycles. The largest absolute Gasteiger partial charge is 0.481 e. The first-order valence-electron chi connectivity index (χ1n) is 4.98. The number of methoxy groups -OCH3 is 1. The molecule has 0 atom stereocenters. The van der Waals surface area contributed by atoms with Gasteiger partial charge < -0.3 is 14.6 Å². The Bertz CT molecular complexity index is 429. The Morgan fingerprint density at radius 2 is 2.25 bits per heavy atom. The zero-order chi connectivity index (χ0) is 11.2. The third-order valence-electron chi connectivity index (χ3n) is 2.09. The lowest BCUT2D eigenvalue weighted by molar-refractivity contribution is 0.371. The molecule has 2 aromatic rings. The number of nitrogens with one attached hydrogen (secondary N) is 1. The number of pyridine rings is 1. The summed E-state index contributed by atoms with van der Waals surface area (Å²) in [6.07, 6.45) is 1.63. The van der Waals surface area contributed by atoms with E-state index in [9.17, 15) is 0 Å². The highest BCUT2D eigenvalue weighted by Crippen LogP contribution is 2.06. The van der Waals surface area contributed by atoms with E-state index >= 15 is 0 Å². The molecule has 0 aliphatic rings. The van der Waals surface area contributed by atoms with Gasteiger partial charge in [0.1, 0.15) is 5.76 Å². The molecule has 2 rings (SSSR count). The van der Waals surface area contributed by atoms with E-state index in [0.29, 0.717) is 19.0 Å². The van der Waals surface area contributed by atoms with Crippen LogP contribution in [0.3, 0.4) is 0 Å². The molecular weight excluding hydrogens is 206 g/mol. The predicted molar refractivity (Wildman–Crippen MR) is 57.8 cm³/mol. The third kappa shape index (κ3) is 2.80. The SMILES string of the molecule is COc1cccc(CNCc2ccno2)n1. The maximum Gasteiger partial charge on any atom is 0.213 e. The smallest absolute Gasteiger partial charge is 0.213 e. The first kappa shape index (κ1) is 10.6. The molecule has 0 saturated heterocycles. The molecule has 5 heteroatoms. The van der Waals surface area contributed by atoms with Crippen molar-refractivity contribution in [2.75, 3.05) is 7.11 Å². The van der Waals surface area contributed by atoms with Gasteiger partial charge in [0.15, 0.2) is 0 Å². The van der Waals surface area contributed by atoms with E-state index < -0.39 is 0 Å². The van der Waals surface area contributed by atoms with Crippen LogP contribution in [0.25, 0.3) is 0 Å². The summed E-state index contributed by atoms with van der Waals surface area (Å²) < 4.78 is 10.00. The van der Waals surface area contributed by atoms with Gasteiger partial charge in [-0.25, -0.2) is 4.98 Å². The fourth-order valence-corrected chi connectivity index (χ4v) is 1.32. The van der Waals surface area contributed by atoms with Crippen molar-refractivity contribution in [2.24, 2.45) is 0 Å². The fourth-order valence-electron chi connectivity index (χ4n) is 1.32. The average Bonchev–Trinajstić information content (AvgIpc) is 2.82. The van der Waals surface area contributed by atoms with Gasteiger partial charge in [0, 0.05) is 18.7 Å². The average molecular weight is 219 g/mol. The lowest BCUT2D eigenvalue weighted by Crippen LogP contribution is -2.13. The molecule has 0 unspecified atom stereocenters. The van der Waals surface area contributed by atoms with Crippen LogP contribution in [0.1, 0.15) is 11.5 Å². The minimum Gasteiger partial charge on any atom is -0.481 e. The van der Waals surface area contributed by atoms with Crippen molar-refractivity contribution < 1.29 is 9.26 Å². The number of rotatable bonds is 5. The van der Waals surface area contributed by atoms with Gasteiger partial charge in [-0.15, -0.1) is 0 Å². The summed E-state index contributed by atoms with van der Waals surface area (Å²) in [4.78, 5) is 4.28. The van der Waals surface area contributed by atoms with Crippen LogP contribution in [0, 0.1) is 0 Å². The van der Waals surface area contributed by atoms with E-state index in [-0.39, 0.29) is 0 Å². The van der Waals surface area contributed by atoms with Crippen molar-refractivity contribution in [3.63, 3.8) is 0 Å². The van der Waals surface area contributed by atoms with Crippen LogP contribution in [0.4, 0.5) is 0 Å². The summed E-state index contributed by atoms with van der Waals surface area (Å²) in [6.45, 7) is 1.30. The zero-order valence-corrected chi connectivity index (χ0v) is 9.01. The Morgan fingerprint density at radius 1 is 1.31 bits per heavy atom. The Morgan fingerprint density at radius 3 is 3.00 bits per heavy atom. The number of hydrogen-bond acceptors (Lipinski definition) is 5. The van der Waals surface area contributed by atoms with Gasteiger partial charge in [-0.3, -0.25) is 0 Å². The van der Waals surface area contributed by atoms with Gasteiger partial charge in [-0.05, 0) is 6.07 Å². The highest BCUT2D eigenvalue weighted by atomic mass is 16.5. The lowest BCUT2D eigenvalue weighted by atomic mass is 10.3. The van der Waals surface area contributed by atoms with Crippen LogP contribution in [0.5, 0.6) is 5.88 Å². The number of nitrogens with zero attached hydrogens (tertiary/aromatic N) is 2. The highest BCUT2D eigenvalue weighted by Gasteiger charge is 1.99. The molecule has 0 saturated carbocycles. The van der Waals surface area contributed by atoms with Crippen LogP contribution in [-0.2, 0) is 13.1 Å². The monoisotopic (exact) mass is 219 g/mol. The highest BCUT2D eigenvalue weighted by molar-refractivity contribution is 5.15. The molecule has 0 bridgehead atoms. The van der Waals surface area contributed by atoms with Crippen LogP contribution < -0.4 is 10.1 Å². The van der Waals surface area contributed by atoms with Gasteiger partial charge in [0.2, 0.25) is 5.88 Å². The van der Waals surface area contributed by atoms with E-state index in [1.165, 1.54) is 0 Å². The van der Waals surface area contributed by atoms with Gasteiger partial charge in [0.05, 0.1) is 25.5 Å². The van der Waals surface area contributed by atoms with E-state index in [2.05, 4.69) is 15.5 Å². The lowest BCUT2D eigenvalue weighted by Gasteiger charge is -2.03. The van der Waals surface area contributed by atoms with Crippen LogP contribution in [0.2, 0.25) is 0 Å². The van der Waals surface area contributed by atoms with Crippen molar-refractivity contribution in [3.05, 3.63) is 41.9 Å². The first-order valence-corrected chi connectivity index (χ1v) is 4.98. The van der Waals surface area contributed by atoms with E-state index in [4.69, 9.17) is 9.26 Å². The molecule has 2 heterocycles. The summed E-state index contributed by atoms with van der Waals surface area (Å²) in [5.41, 5.74) is 0.930. The van der Waals surface area contributed by atoms with Crippen molar-refractivity contribution >= 4 is 0 Å². The second-order valence-corrected chi connectivity index (χ2v) is 3.25. The molecule has 0 aliphatic heterocycles. The molecule has 1 N–H and O–H groups in total. The predicted octanol–water partition coefficient (Wildman–Crippen LogP) is 1.37. The molecule has 0 radical (unpaired) electrons. The Hall–Kier alpha value is -1.88. The number of aromatic nitrogens is 2. The topological polar surface area (TPSA) is 60.2 Å². The molecule has 5 nitrogen and oxygen atoms in total. The second kappa shape index (κ2) is 5.27. The van der Waals surface area contributed by atoms with E-state index in [0.717, 1.165) is 11.5 Å². The molecule has 0 spiro atoms. The molecule has 0 aliphatic carbocycles. The maximum atomic E-state index is 5.04. The summed E-state index contributed by atoms with van der Waals surface area (Å²) in [6, 6.07) is 7.50. The molecule has 16 heavy (non-hydrogen) atoms. The maximum absolute atomic E-state index is 5.04. The van der Waals surface area contributed by atoms with Gasteiger partial charge >= 0.3 is 0 Å². The summed E-state index contributed by atoms with van der Waals surface area (Å²) >= 11 is 0. The van der Waals surface area contributed by atoms with Gasteiger partial charge in [-0.1, -0.05) is 11.2 Å². The van der Waals surface area contributed by atoms with Crippen molar-refractivity contribution in [2.45, 2.75) is 13.1 Å². The van der Waals surface area contributed by atoms with Crippen molar-refractivity contribution in [3.8, 4) is 5.88 Å². The minimum atomic E-state index is 0.624. The molecule has 0 amide bonds.